The maximum absolute atomic E-state index is 10.8. The van der Waals surface area contributed by atoms with Gasteiger partial charge in [0.1, 0.15) is 0 Å². The number of nitrogens with zero attached hydrogens (tertiary/aromatic N) is 3. The van der Waals surface area contributed by atoms with Gasteiger partial charge in [-0.2, -0.15) is 0 Å². The summed E-state index contributed by atoms with van der Waals surface area (Å²) in [5, 5.41) is 8.88. The maximum Gasteiger partial charge on any atom is 0.305 e. The van der Waals surface area contributed by atoms with Crippen LogP contribution in [0.15, 0.2) is 24.3 Å². The van der Waals surface area contributed by atoms with Crippen LogP contribution in [-0.4, -0.2) is 33.7 Å². The summed E-state index contributed by atoms with van der Waals surface area (Å²) in [5.74, 6) is 0.0216. The van der Waals surface area contributed by atoms with Gasteiger partial charge in [-0.05, 0) is 26.0 Å². The summed E-state index contributed by atoms with van der Waals surface area (Å²) < 4.78 is 1.98. The van der Waals surface area contributed by atoms with Crippen molar-refractivity contribution < 1.29 is 9.90 Å². The average molecular weight is 261 g/mol. The van der Waals surface area contributed by atoms with E-state index in [4.69, 9.17) is 5.11 Å². The third-order valence-electron chi connectivity index (χ3n) is 3.27. The van der Waals surface area contributed by atoms with Crippen molar-refractivity contribution in [1.29, 1.82) is 0 Å². The first-order valence-corrected chi connectivity index (χ1v) is 6.40. The number of carboxylic acids is 1. The number of fused-ring (bicyclic) bond motifs is 1. The third-order valence-corrected chi connectivity index (χ3v) is 3.27. The topological polar surface area (TPSA) is 58.4 Å². The Morgan fingerprint density at radius 2 is 2.11 bits per heavy atom. The summed E-state index contributed by atoms with van der Waals surface area (Å²) in [7, 11) is 1.98. The van der Waals surface area contributed by atoms with Crippen LogP contribution < -0.4 is 4.90 Å². The molecule has 0 unspecified atom stereocenters. The predicted octanol–water partition coefficient (Wildman–Crippen LogP) is 2.36. The molecule has 0 radical (unpaired) electrons. The number of carboxylic acid groups (broad SMARTS) is 1. The van der Waals surface area contributed by atoms with Gasteiger partial charge in [0, 0.05) is 19.6 Å². The minimum absolute atomic E-state index is 0.0965. The Morgan fingerprint density at radius 3 is 2.74 bits per heavy atom. The fourth-order valence-electron chi connectivity index (χ4n) is 1.99. The molecule has 1 aromatic heterocycles. The number of para-hydroxylation sites is 2. The largest absolute Gasteiger partial charge is 0.481 e. The van der Waals surface area contributed by atoms with Gasteiger partial charge in [0.2, 0.25) is 5.95 Å². The summed E-state index contributed by atoms with van der Waals surface area (Å²) in [5.41, 5.74) is 1.88. The van der Waals surface area contributed by atoms with Crippen LogP contribution in [0, 0.1) is 0 Å². The van der Waals surface area contributed by atoms with Crippen molar-refractivity contribution in [1.82, 2.24) is 9.55 Å². The molecular weight excluding hydrogens is 242 g/mol. The Morgan fingerprint density at radius 1 is 1.42 bits per heavy atom. The van der Waals surface area contributed by atoms with Crippen LogP contribution in [0.25, 0.3) is 11.0 Å². The van der Waals surface area contributed by atoms with Gasteiger partial charge in [0.25, 0.3) is 0 Å². The quantitative estimate of drug-likeness (QED) is 0.897. The Hall–Kier alpha value is -2.04. The lowest BCUT2D eigenvalue weighted by Crippen LogP contribution is -2.29. The molecule has 0 saturated carbocycles. The summed E-state index contributed by atoms with van der Waals surface area (Å²) in [6.45, 7) is 4.60. The van der Waals surface area contributed by atoms with E-state index < -0.39 is 5.97 Å². The predicted molar refractivity (Wildman–Crippen MR) is 75.5 cm³/mol. The second-order valence-corrected chi connectivity index (χ2v) is 4.90. The Balaban J connectivity index is 2.48. The van der Waals surface area contributed by atoms with E-state index >= 15 is 0 Å². The molecule has 0 aliphatic heterocycles. The van der Waals surface area contributed by atoms with Gasteiger partial charge >= 0.3 is 5.97 Å². The number of aromatic nitrogens is 2. The maximum atomic E-state index is 10.8. The lowest BCUT2D eigenvalue weighted by Gasteiger charge is -2.23. The molecule has 0 amide bonds. The fourth-order valence-corrected chi connectivity index (χ4v) is 1.99. The molecule has 2 aromatic rings. The number of rotatable bonds is 5. The molecule has 0 saturated heterocycles. The molecule has 0 spiro atoms. The molecule has 5 heteroatoms. The Bertz CT molecular complexity index is 589. The number of hydrogen-bond acceptors (Lipinski definition) is 3. The summed E-state index contributed by atoms with van der Waals surface area (Å²) in [6, 6.07) is 8.11. The number of imidazole rings is 1. The summed E-state index contributed by atoms with van der Waals surface area (Å²) in [6.07, 6.45) is 0.0965. The van der Waals surface area contributed by atoms with Crippen LogP contribution in [0.3, 0.4) is 0 Å². The minimum atomic E-state index is -0.795. The highest BCUT2D eigenvalue weighted by Crippen LogP contribution is 2.23. The first kappa shape index (κ1) is 13.4. The van der Waals surface area contributed by atoms with E-state index in [9.17, 15) is 4.79 Å². The number of carbonyl (C=O) groups is 1. The van der Waals surface area contributed by atoms with E-state index in [0.29, 0.717) is 12.6 Å². The van der Waals surface area contributed by atoms with Gasteiger partial charge in [-0.15, -0.1) is 0 Å². The Kier molecular flexibility index (Phi) is 3.74. The highest BCUT2D eigenvalue weighted by molar-refractivity contribution is 5.79. The lowest BCUT2D eigenvalue weighted by molar-refractivity contribution is -0.137. The van der Waals surface area contributed by atoms with E-state index in [-0.39, 0.29) is 6.42 Å². The van der Waals surface area contributed by atoms with E-state index in [1.807, 2.05) is 35.9 Å². The van der Waals surface area contributed by atoms with E-state index in [2.05, 4.69) is 23.7 Å². The van der Waals surface area contributed by atoms with Gasteiger partial charge in [0.05, 0.1) is 17.5 Å². The number of benzene rings is 1. The second-order valence-electron chi connectivity index (χ2n) is 4.90. The molecule has 0 fully saturated rings. The van der Waals surface area contributed by atoms with Crippen LogP contribution in [-0.2, 0) is 11.3 Å². The van der Waals surface area contributed by atoms with Gasteiger partial charge in [-0.1, -0.05) is 12.1 Å². The zero-order valence-electron chi connectivity index (χ0n) is 11.5. The number of aliphatic carboxylic acids is 1. The number of anilines is 1. The molecule has 19 heavy (non-hydrogen) atoms. The normalized spacial score (nSPS) is 11.2. The fraction of sp³-hybridized carbons (Fsp3) is 0.429. The van der Waals surface area contributed by atoms with E-state index in [1.165, 1.54) is 0 Å². The van der Waals surface area contributed by atoms with Gasteiger partial charge in [-0.3, -0.25) is 4.79 Å². The zero-order chi connectivity index (χ0) is 14.0. The first-order chi connectivity index (χ1) is 9.00. The summed E-state index contributed by atoms with van der Waals surface area (Å²) >= 11 is 0. The molecule has 0 atom stereocenters. The van der Waals surface area contributed by atoms with E-state index in [1.54, 1.807) is 0 Å². The molecule has 2 rings (SSSR count). The van der Waals surface area contributed by atoms with Crippen molar-refractivity contribution in [3.05, 3.63) is 24.3 Å². The molecular formula is C14H19N3O2. The van der Waals surface area contributed by atoms with Crippen LogP contribution in [0.1, 0.15) is 20.3 Å². The van der Waals surface area contributed by atoms with Gasteiger partial charge in [0.15, 0.2) is 0 Å². The summed E-state index contributed by atoms with van der Waals surface area (Å²) in [4.78, 5) is 17.5. The van der Waals surface area contributed by atoms with Crippen molar-refractivity contribution in [3.8, 4) is 0 Å². The molecule has 1 aromatic carbocycles. The highest BCUT2D eigenvalue weighted by atomic mass is 16.4. The molecule has 0 aliphatic carbocycles. The van der Waals surface area contributed by atoms with Crippen molar-refractivity contribution >= 4 is 23.0 Å². The van der Waals surface area contributed by atoms with E-state index in [0.717, 1.165) is 17.0 Å². The minimum Gasteiger partial charge on any atom is -0.481 e. The SMILES string of the molecule is CC(C)N(C)c1nc2ccccc2n1CCC(=O)O. The van der Waals surface area contributed by atoms with Crippen LogP contribution in [0.4, 0.5) is 5.95 Å². The van der Waals surface area contributed by atoms with Crippen LogP contribution in [0.2, 0.25) is 0 Å². The number of aryl methyl sites for hydroxylation is 1. The molecule has 1 heterocycles. The monoisotopic (exact) mass is 261 g/mol. The standard InChI is InChI=1S/C14H19N3O2/c1-10(2)16(3)14-15-11-6-4-5-7-12(11)17(14)9-8-13(18)19/h4-7,10H,8-9H2,1-3H3,(H,18,19). The van der Waals surface area contributed by atoms with Crippen molar-refractivity contribution in [2.75, 3.05) is 11.9 Å². The average Bonchev–Trinajstić information content (AvgIpc) is 2.73. The molecule has 102 valence electrons. The molecule has 5 nitrogen and oxygen atoms in total. The third kappa shape index (κ3) is 2.70. The molecule has 1 N–H and O–H groups in total. The Labute approximate surface area is 112 Å². The van der Waals surface area contributed by atoms with Crippen LogP contribution >= 0.6 is 0 Å². The lowest BCUT2D eigenvalue weighted by atomic mass is 10.3. The molecule has 0 bridgehead atoms. The second kappa shape index (κ2) is 5.30. The zero-order valence-corrected chi connectivity index (χ0v) is 11.5. The van der Waals surface area contributed by atoms with Gasteiger partial charge in [-0.25, -0.2) is 4.98 Å². The van der Waals surface area contributed by atoms with Gasteiger partial charge < -0.3 is 14.6 Å². The van der Waals surface area contributed by atoms with Crippen molar-refractivity contribution in [2.24, 2.45) is 0 Å². The number of hydrogen-bond donors (Lipinski definition) is 1. The smallest absolute Gasteiger partial charge is 0.305 e. The van der Waals surface area contributed by atoms with Crippen LogP contribution in [0.5, 0.6) is 0 Å². The van der Waals surface area contributed by atoms with Crippen molar-refractivity contribution in [3.63, 3.8) is 0 Å². The first-order valence-electron chi connectivity index (χ1n) is 6.40. The highest BCUT2D eigenvalue weighted by Gasteiger charge is 2.16. The van der Waals surface area contributed by atoms with Crippen molar-refractivity contribution in [2.45, 2.75) is 32.9 Å². The molecule has 0 aliphatic rings.